The SMILES string of the molecule is C#CCOc1ccc([N+](=O)OC)cc1CN=O. The summed E-state index contributed by atoms with van der Waals surface area (Å²) in [6.07, 6.45) is 5.06. The van der Waals surface area contributed by atoms with Gasteiger partial charge in [-0.15, -0.1) is 6.42 Å². The maximum absolute atomic E-state index is 11.2. The van der Waals surface area contributed by atoms with Crippen LogP contribution in [0.1, 0.15) is 5.56 Å². The Morgan fingerprint density at radius 2 is 2.29 bits per heavy atom. The van der Waals surface area contributed by atoms with Crippen molar-refractivity contribution in [1.29, 1.82) is 0 Å². The van der Waals surface area contributed by atoms with E-state index in [-0.39, 0.29) is 18.8 Å². The molecule has 0 spiro atoms. The molecule has 0 aliphatic carbocycles. The molecule has 6 nitrogen and oxygen atoms in total. The van der Waals surface area contributed by atoms with Crippen molar-refractivity contribution in [3.8, 4) is 18.1 Å². The monoisotopic (exact) mass is 235 g/mol. The highest BCUT2D eigenvalue weighted by molar-refractivity contribution is 5.43. The summed E-state index contributed by atoms with van der Waals surface area (Å²) in [4.78, 5) is 26.3. The first kappa shape index (κ1) is 12.6. The third-order valence-corrected chi connectivity index (χ3v) is 1.97. The molecule has 0 heterocycles. The molecule has 1 aromatic rings. The highest BCUT2D eigenvalue weighted by Gasteiger charge is 2.17. The van der Waals surface area contributed by atoms with Crippen LogP contribution in [0.5, 0.6) is 5.75 Å². The van der Waals surface area contributed by atoms with E-state index in [0.29, 0.717) is 16.2 Å². The summed E-state index contributed by atoms with van der Waals surface area (Å²) in [5, 5.41) is 2.76. The van der Waals surface area contributed by atoms with Gasteiger partial charge >= 0.3 is 5.69 Å². The quantitative estimate of drug-likeness (QED) is 0.429. The van der Waals surface area contributed by atoms with Gasteiger partial charge in [0.15, 0.2) is 7.11 Å². The van der Waals surface area contributed by atoms with Crippen molar-refractivity contribution in [1.82, 2.24) is 0 Å². The smallest absolute Gasteiger partial charge is 0.317 e. The summed E-state index contributed by atoms with van der Waals surface area (Å²) >= 11 is 0. The Morgan fingerprint density at radius 3 is 2.88 bits per heavy atom. The van der Waals surface area contributed by atoms with Gasteiger partial charge in [-0.25, -0.2) is 4.84 Å². The molecule has 88 valence electrons. The largest absolute Gasteiger partial charge is 0.481 e. The van der Waals surface area contributed by atoms with Crippen LogP contribution in [-0.4, -0.2) is 18.6 Å². The van der Waals surface area contributed by atoms with E-state index in [9.17, 15) is 9.81 Å². The van der Waals surface area contributed by atoms with Crippen LogP contribution in [-0.2, 0) is 11.4 Å². The van der Waals surface area contributed by atoms with Crippen molar-refractivity contribution < 1.29 is 14.5 Å². The van der Waals surface area contributed by atoms with Gasteiger partial charge < -0.3 is 4.74 Å². The lowest BCUT2D eigenvalue weighted by Gasteiger charge is -2.05. The van der Waals surface area contributed by atoms with Crippen LogP contribution in [0.2, 0.25) is 0 Å². The Labute approximate surface area is 98.0 Å². The lowest BCUT2D eigenvalue weighted by molar-refractivity contribution is -0.736. The van der Waals surface area contributed by atoms with Crippen LogP contribution in [0.15, 0.2) is 23.4 Å². The van der Waals surface area contributed by atoms with E-state index >= 15 is 0 Å². The Morgan fingerprint density at radius 1 is 1.53 bits per heavy atom. The van der Waals surface area contributed by atoms with Gasteiger partial charge in [0.25, 0.3) is 4.92 Å². The van der Waals surface area contributed by atoms with Crippen LogP contribution < -0.4 is 4.74 Å². The van der Waals surface area contributed by atoms with Crippen LogP contribution >= 0.6 is 0 Å². The molecular weight excluding hydrogens is 224 g/mol. The minimum absolute atomic E-state index is 0.0799. The maximum Gasteiger partial charge on any atom is 0.317 e. The summed E-state index contributed by atoms with van der Waals surface area (Å²) in [7, 11) is 1.24. The summed E-state index contributed by atoms with van der Waals surface area (Å²) in [6, 6.07) is 4.50. The topological polar surface area (TPSA) is 68.0 Å². The summed E-state index contributed by atoms with van der Waals surface area (Å²) < 4.78 is 5.21. The van der Waals surface area contributed by atoms with Crippen molar-refractivity contribution >= 4 is 5.69 Å². The van der Waals surface area contributed by atoms with E-state index in [1.165, 1.54) is 25.3 Å². The molecular formula is C11H11N2O4+. The van der Waals surface area contributed by atoms with Crippen molar-refractivity contribution in [2.24, 2.45) is 5.18 Å². The highest BCUT2D eigenvalue weighted by atomic mass is 16.8. The molecule has 1 rings (SSSR count). The number of hydrogen-bond acceptors (Lipinski definition) is 5. The number of benzene rings is 1. The molecule has 0 aliphatic heterocycles. The molecule has 6 heteroatoms. The summed E-state index contributed by atoms with van der Waals surface area (Å²) in [5.41, 5.74) is 0.727. The van der Waals surface area contributed by atoms with E-state index in [4.69, 9.17) is 11.2 Å². The fraction of sp³-hybridized carbons (Fsp3) is 0.273. The first-order valence-corrected chi connectivity index (χ1v) is 4.72. The van der Waals surface area contributed by atoms with E-state index in [0.717, 1.165) is 0 Å². The minimum Gasteiger partial charge on any atom is -0.481 e. The zero-order valence-corrected chi connectivity index (χ0v) is 9.25. The minimum atomic E-state index is -0.106. The maximum atomic E-state index is 11.2. The fourth-order valence-corrected chi connectivity index (χ4v) is 1.24. The molecule has 17 heavy (non-hydrogen) atoms. The van der Waals surface area contributed by atoms with Gasteiger partial charge in [-0.3, -0.25) is 0 Å². The van der Waals surface area contributed by atoms with Crippen LogP contribution in [0.4, 0.5) is 5.69 Å². The Kier molecular flexibility index (Phi) is 4.63. The molecule has 0 saturated carbocycles. The van der Waals surface area contributed by atoms with Gasteiger partial charge in [-0.05, 0) is 6.07 Å². The normalized spacial score (nSPS) is 9.18. The molecule has 0 radical (unpaired) electrons. The molecule has 0 atom stereocenters. The average molecular weight is 235 g/mol. The second-order valence-electron chi connectivity index (χ2n) is 3.01. The third-order valence-electron chi connectivity index (χ3n) is 1.97. The van der Waals surface area contributed by atoms with Gasteiger partial charge in [0, 0.05) is 17.7 Å². The van der Waals surface area contributed by atoms with E-state index < -0.39 is 0 Å². The molecule has 0 unspecified atom stereocenters. The first-order chi connectivity index (χ1) is 8.22. The second kappa shape index (κ2) is 6.23. The Balaban J connectivity index is 3.03. The highest BCUT2D eigenvalue weighted by Crippen LogP contribution is 2.25. The number of hydrogen-bond donors (Lipinski definition) is 0. The van der Waals surface area contributed by atoms with Crippen molar-refractivity contribution in [2.45, 2.75) is 6.54 Å². The molecule has 0 fully saturated rings. The van der Waals surface area contributed by atoms with Crippen LogP contribution in [0, 0.1) is 22.2 Å². The zero-order chi connectivity index (χ0) is 12.7. The number of terminal acetylenes is 1. The third kappa shape index (κ3) is 3.28. The van der Waals surface area contributed by atoms with Crippen molar-refractivity contribution in [3.05, 3.63) is 33.6 Å². The van der Waals surface area contributed by atoms with E-state index in [2.05, 4.69) is 15.9 Å². The van der Waals surface area contributed by atoms with Gasteiger partial charge in [0.05, 0.1) is 4.91 Å². The number of nitroso groups, excluding NO2 is 1. The van der Waals surface area contributed by atoms with Crippen molar-refractivity contribution in [3.63, 3.8) is 0 Å². The standard InChI is InChI=1S/C11H11N2O4/c1-3-6-17-11-5-4-10(13(15)16-2)7-9(11)8-12-14/h1,4-5,7H,6,8H2,2H3/q+1. The summed E-state index contributed by atoms with van der Waals surface area (Å²) in [6.45, 7) is -0.0259. The van der Waals surface area contributed by atoms with E-state index in [1.54, 1.807) is 0 Å². The molecule has 0 amide bonds. The Bertz CT molecular complexity index is 465. The van der Waals surface area contributed by atoms with Crippen LogP contribution in [0.25, 0.3) is 0 Å². The number of rotatable bonds is 6. The second-order valence-corrected chi connectivity index (χ2v) is 3.01. The van der Waals surface area contributed by atoms with Crippen LogP contribution in [0.3, 0.4) is 0 Å². The molecule has 0 N–H and O–H groups in total. The lowest BCUT2D eigenvalue weighted by Crippen LogP contribution is -2.01. The van der Waals surface area contributed by atoms with Gasteiger partial charge in [0.2, 0.25) is 0 Å². The predicted molar refractivity (Wildman–Crippen MR) is 60.6 cm³/mol. The van der Waals surface area contributed by atoms with E-state index in [1.807, 2.05) is 0 Å². The lowest BCUT2D eigenvalue weighted by atomic mass is 10.2. The molecule has 0 bridgehead atoms. The predicted octanol–water partition coefficient (Wildman–Crippen LogP) is 1.94. The number of ether oxygens (including phenoxy) is 1. The molecule has 0 aliphatic rings. The molecule has 0 aromatic heterocycles. The summed E-state index contributed by atoms with van der Waals surface area (Å²) in [5.74, 6) is 2.73. The van der Waals surface area contributed by atoms with Crippen molar-refractivity contribution in [2.75, 3.05) is 13.7 Å². The average Bonchev–Trinajstić information content (AvgIpc) is 2.36. The first-order valence-electron chi connectivity index (χ1n) is 4.72. The van der Waals surface area contributed by atoms with Gasteiger partial charge in [-0.2, -0.15) is 4.91 Å². The van der Waals surface area contributed by atoms with Gasteiger partial charge in [-0.1, -0.05) is 11.1 Å². The fourth-order valence-electron chi connectivity index (χ4n) is 1.24. The molecule has 0 saturated heterocycles. The zero-order valence-electron chi connectivity index (χ0n) is 9.25. The Hall–Kier alpha value is -2.42. The van der Waals surface area contributed by atoms with Gasteiger partial charge in [0.1, 0.15) is 18.9 Å². The number of nitrogens with zero attached hydrogens (tertiary/aromatic N) is 2. The molecule has 1 aromatic carbocycles.